The Hall–Kier alpha value is -1.87. The van der Waals surface area contributed by atoms with Gasteiger partial charge >= 0.3 is 0 Å². The molecule has 2 rings (SSSR count). The Labute approximate surface area is 114 Å². The smallest absolute Gasteiger partial charge is 0.120 e. The zero-order valence-electron chi connectivity index (χ0n) is 11.6. The van der Waals surface area contributed by atoms with Crippen molar-refractivity contribution in [2.45, 2.75) is 32.9 Å². The summed E-state index contributed by atoms with van der Waals surface area (Å²) in [6.45, 7) is 6.09. The quantitative estimate of drug-likeness (QED) is 0.880. The monoisotopic (exact) mass is 256 g/mol. The molecule has 3 heteroatoms. The minimum absolute atomic E-state index is 0.0672. The third-order valence-electron chi connectivity index (χ3n) is 3.28. The molecule has 1 aromatic heterocycles. The number of phenols is 1. The van der Waals surface area contributed by atoms with Crippen molar-refractivity contribution in [2.75, 3.05) is 0 Å². The van der Waals surface area contributed by atoms with Crippen LogP contribution in [0.4, 0.5) is 0 Å². The molecule has 0 aliphatic heterocycles. The number of nitrogens with one attached hydrogen (secondary N) is 1. The van der Waals surface area contributed by atoms with Gasteiger partial charge in [-0.2, -0.15) is 0 Å². The van der Waals surface area contributed by atoms with Crippen LogP contribution in [-0.4, -0.2) is 10.1 Å². The lowest BCUT2D eigenvalue weighted by Gasteiger charge is -2.21. The van der Waals surface area contributed by atoms with Gasteiger partial charge in [0.05, 0.1) is 5.69 Å². The van der Waals surface area contributed by atoms with E-state index in [1.54, 1.807) is 12.3 Å². The number of nitrogens with zero attached hydrogens (tertiary/aromatic N) is 1. The van der Waals surface area contributed by atoms with Gasteiger partial charge in [0.2, 0.25) is 0 Å². The molecule has 0 fully saturated rings. The average molecular weight is 256 g/mol. The van der Waals surface area contributed by atoms with E-state index in [2.05, 4.69) is 17.2 Å². The highest BCUT2D eigenvalue weighted by molar-refractivity contribution is 5.37. The van der Waals surface area contributed by atoms with E-state index >= 15 is 0 Å². The lowest BCUT2D eigenvalue weighted by molar-refractivity contribution is 0.436. The van der Waals surface area contributed by atoms with Gasteiger partial charge in [-0.1, -0.05) is 18.2 Å². The molecular formula is C16H20N2O. The molecule has 0 spiro atoms. The highest BCUT2D eigenvalue weighted by Gasteiger charge is 2.14. The van der Waals surface area contributed by atoms with E-state index in [-0.39, 0.29) is 12.1 Å². The summed E-state index contributed by atoms with van der Waals surface area (Å²) in [6.07, 6.45) is 1.79. The summed E-state index contributed by atoms with van der Waals surface area (Å²) in [7, 11) is 0. The molecule has 0 bridgehead atoms. The van der Waals surface area contributed by atoms with Crippen molar-refractivity contribution >= 4 is 0 Å². The Morgan fingerprint density at radius 3 is 2.53 bits per heavy atom. The second kappa shape index (κ2) is 5.85. The van der Waals surface area contributed by atoms with Gasteiger partial charge in [0.25, 0.3) is 0 Å². The molecule has 0 saturated carbocycles. The van der Waals surface area contributed by atoms with Crippen molar-refractivity contribution in [2.24, 2.45) is 0 Å². The van der Waals surface area contributed by atoms with E-state index in [9.17, 15) is 5.11 Å². The lowest BCUT2D eigenvalue weighted by Crippen LogP contribution is -2.23. The topological polar surface area (TPSA) is 45.2 Å². The van der Waals surface area contributed by atoms with Gasteiger partial charge in [-0.3, -0.25) is 4.98 Å². The van der Waals surface area contributed by atoms with Crippen LogP contribution in [0.2, 0.25) is 0 Å². The molecule has 3 nitrogen and oxygen atoms in total. The molecule has 1 aromatic carbocycles. The molecule has 0 aliphatic rings. The number of hydrogen-bond acceptors (Lipinski definition) is 3. The SMILES string of the molecule is Cc1ccc(C(C)N[C@@H](C)c2ccccn2)c(O)c1. The Bertz CT molecular complexity index is 540. The normalized spacial score (nSPS) is 14.1. The molecule has 1 heterocycles. The zero-order valence-corrected chi connectivity index (χ0v) is 11.6. The maximum absolute atomic E-state index is 9.99. The van der Waals surface area contributed by atoms with Crippen LogP contribution in [0.25, 0.3) is 0 Å². The highest BCUT2D eigenvalue weighted by Crippen LogP contribution is 2.26. The fourth-order valence-corrected chi connectivity index (χ4v) is 2.20. The predicted molar refractivity (Wildman–Crippen MR) is 77.0 cm³/mol. The van der Waals surface area contributed by atoms with Gasteiger partial charge in [0.1, 0.15) is 5.75 Å². The van der Waals surface area contributed by atoms with Crippen LogP contribution in [0, 0.1) is 6.92 Å². The minimum Gasteiger partial charge on any atom is -0.508 e. The number of phenolic OH excluding ortho intramolecular Hbond substituents is 1. The average Bonchev–Trinajstić information content (AvgIpc) is 2.39. The van der Waals surface area contributed by atoms with Crippen molar-refractivity contribution in [1.82, 2.24) is 10.3 Å². The Morgan fingerprint density at radius 2 is 1.89 bits per heavy atom. The van der Waals surface area contributed by atoms with Gasteiger partial charge in [-0.25, -0.2) is 0 Å². The molecule has 19 heavy (non-hydrogen) atoms. The van der Waals surface area contributed by atoms with E-state index in [4.69, 9.17) is 0 Å². The second-order valence-electron chi connectivity index (χ2n) is 4.93. The van der Waals surface area contributed by atoms with Crippen molar-refractivity contribution in [3.63, 3.8) is 0 Å². The van der Waals surface area contributed by atoms with Crippen LogP contribution >= 0.6 is 0 Å². The maximum atomic E-state index is 9.99. The molecule has 2 aromatic rings. The van der Waals surface area contributed by atoms with Crippen molar-refractivity contribution in [1.29, 1.82) is 0 Å². The van der Waals surface area contributed by atoms with Gasteiger partial charge in [0.15, 0.2) is 0 Å². The number of aryl methyl sites for hydroxylation is 1. The highest BCUT2D eigenvalue weighted by atomic mass is 16.3. The Kier molecular flexibility index (Phi) is 4.17. The second-order valence-corrected chi connectivity index (χ2v) is 4.93. The van der Waals surface area contributed by atoms with Gasteiger partial charge in [0, 0.05) is 23.8 Å². The van der Waals surface area contributed by atoms with E-state index < -0.39 is 0 Å². The van der Waals surface area contributed by atoms with E-state index in [1.807, 2.05) is 44.2 Å². The first-order chi connectivity index (χ1) is 9.08. The maximum Gasteiger partial charge on any atom is 0.120 e. The summed E-state index contributed by atoms with van der Waals surface area (Å²) in [6, 6.07) is 11.9. The van der Waals surface area contributed by atoms with Crippen LogP contribution in [0.3, 0.4) is 0 Å². The number of rotatable bonds is 4. The molecule has 100 valence electrons. The first kappa shape index (κ1) is 13.6. The number of pyridine rings is 1. The minimum atomic E-state index is 0.0672. The third kappa shape index (κ3) is 3.32. The van der Waals surface area contributed by atoms with Crippen LogP contribution < -0.4 is 5.32 Å². The van der Waals surface area contributed by atoms with Gasteiger partial charge in [-0.05, 0) is 44.5 Å². The van der Waals surface area contributed by atoms with Gasteiger partial charge in [-0.15, -0.1) is 0 Å². The van der Waals surface area contributed by atoms with Gasteiger partial charge < -0.3 is 10.4 Å². The number of hydrogen-bond donors (Lipinski definition) is 2. The Balaban J connectivity index is 2.10. The number of benzene rings is 1. The molecule has 0 amide bonds. The molecule has 0 radical (unpaired) electrons. The van der Waals surface area contributed by atoms with Crippen LogP contribution in [0.5, 0.6) is 5.75 Å². The summed E-state index contributed by atoms with van der Waals surface area (Å²) >= 11 is 0. The summed E-state index contributed by atoms with van der Waals surface area (Å²) < 4.78 is 0. The number of aromatic nitrogens is 1. The fourth-order valence-electron chi connectivity index (χ4n) is 2.20. The summed E-state index contributed by atoms with van der Waals surface area (Å²) in [5.74, 6) is 0.341. The van der Waals surface area contributed by atoms with Crippen molar-refractivity contribution in [3.8, 4) is 5.75 Å². The standard InChI is InChI=1S/C16H20N2O/c1-11-7-8-14(16(19)10-11)12(2)18-13(3)15-6-4-5-9-17-15/h4-10,12-13,18-19H,1-3H3/t12?,13-/m0/s1. The van der Waals surface area contributed by atoms with Crippen LogP contribution in [-0.2, 0) is 0 Å². The van der Waals surface area contributed by atoms with Crippen molar-refractivity contribution < 1.29 is 5.11 Å². The summed E-state index contributed by atoms with van der Waals surface area (Å²) in [5, 5.41) is 13.4. The first-order valence-corrected chi connectivity index (χ1v) is 6.54. The first-order valence-electron chi connectivity index (χ1n) is 6.54. The zero-order chi connectivity index (χ0) is 13.8. The summed E-state index contributed by atoms with van der Waals surface area (Å²) in [5.41, 5.74) is 2.97. The molecule has 2 atom stereocenters. The number of aromatic hydroxyl groups is 1. The summed E-state index contributed by atoms with van der Waals surface area (Å²) in [4.78, 5) is 4.34. The third-order valence-corrected chi connectivity index (χ3v) is 3.28. The predicted octanol–water partition coefficient (Wildman–Crippen LogP) is 3.51. The molecular weight excluding hydrogens is 236 g/mol. The molecule has 0 aliphatic carbocycles. The molecule has 1 unspecified atom stereocenters. The van der Waals surface area contributed by atoms with E-state index in [0.29, 0.717) is 5.75 Å². The molecule has 2 N–H and O–H groups in total. The Morgan fingerprint density at radius 1 is 1.11 bits per heavy atom. The van der Waals surface area contributed by atoms with Crippen LogP contribution in [0.1, 0.15) is 42.8 Å². The largest absolute Gasteiger partial charge is 0.508 e. The van der Waals surface area contributed by atoms with E-state index in [1.165, 1.54) is 0 Å². The fraction of sp³-hybridized carbons (Fsp3) is 0.312. The lowest BCUT2D eigenvalue weighted by atomic mass is 10.0. The van der Waals surface area contributed by atoms with Crippen molar-refractivity contribution in [3.05, 3.63) is 59.4 Å². The molecule has 0 saturated heterocycles. The van der Waals surface area contributed by atoms with E-state index in [0.717, 1.165) is 16.8 Å². The van der Waals surface area contributed by atoms with Crippen LogP contribution in [0.15, 0.2) is 42.6 Å².